The lowest BCUT2D eigenvalue weighted by atomic mass is 9.81. The number of halogens is 5. The number of benzene rings is 1. The second-order valence-electron chi connectivity index (χ2n) is 8.29. The minimum atomic E-state index is -4.67. The van der Waals surface area contributed by atoms with Crippen molar-refractivity contribution in [1.82, 2.24) is 4.90 Å². The van der Waals surface area contributed by atoms with Crippen LogP contribution in [0.15, 0.2) is 29.8 Å². The molecule has 0 atom stereocenters. The molecule has 0 saturated carbocycles. The van der Waals surface area contributed by atoms with Gasteiger partial charge in [0.05, 0.1) is 17.2 Å². The molecule has 1 aromatic carbocycles. The highest BCUT2D eigenvalue weighted by atomic mass is 32.1. The van der Waals surface area contributed by atoms with Gasteiger partial charge < -0.3 is 9.64 Å². The fourth-order valence-corrected chi connectivity index (χ4v) is 4.80. The van der Waals surface area contributed by atoms with Crippen molar-refractivity contribution in [2.45, 2.75) is 45.4 Å². The Bertz CT molecular complexity index is 1100. The molecule has 4 nitrogen and oxygen atoms in total. The number of esters is 1. The molecule has 0 unspecified atom stereocenters. The third kappa shape index (κ3) is 4.55. The molecule has 32 heavy (non-hydrogen) atoms. The number of nitrogens with zero attached hydrogens (tertiary/aromatic N) is 1. The summed E-state index contributed by atoms with van der Waals surface area (Å²) < 4.78 is 73.4. The average molecular weight is 473 g/mol. The summed E-state index contributed by atoms with van der Waals surface area (Å²) in [7, 11) is 0. The van der Waals surface area contributed by atoms with E-state index >= 15 is 0 Å². The van der Waals surface area contributed by atoms with Crippen molar-refractivity contribution in [2.75, 3.05) is 6.54 Å². The van der Waals surface area contributed by atoms with Crippen molar-refractivity contribution in [3.63, 3.8) is 0 Å². The van der Waals surface area contributed by atoms with Gasteiger partial charge in [-0.3, -0.25) is 4.79 Å². The Morgan fingerprint density at radius 2 is 1.81 bits per heavy atom. The first-order valence-electron chi connectivity index (χ1n) is 9.60. The number of ether oxygens (including phenoxy) is 1. The summed E-state index contributed by atoms with van der Waals surface area (Å²) in [5.41, 5.74) is -2.68. The van der Waals surface area contributed by atoms with Gasteiger partial charge in [-0.1, -0.05) is 13.8 Å². The van der Waals surface area contributed by atoms with E-state index in [0.29, 0.717) is 6.07 Å². The first kappa shape index (κ1) is 23.9. The highest BCUT2D eigenvalue weighted by Crippen LogP contribution is 2.47. The zero-order chi connectivity index (χ0) is 24.0. The van der Waals surface area contributed by atoms with E-state index in [4.69, 9.17) is 4.74 Å². The Hall–Kier alpha value is -2.75. The molecule has 1 aliphatic heterocycles. The number of hydrogen-bond acceptors (Lipinski definition) is 4. The molecular weight excluding hydrogens is 453 g/mol. The lowest BCUT2D eigenvalue weighted by Gasteiger charge is -2.30. The molecule has 0 spiro atoms. The Morgan fingerprint density at radius 1 is 1.16 bits per heavy atom. The summed E-state index contributed by atoms with van der Waals surface area (Å²) in [5.74, 6) is -4.08. The number of carbonyl (C=O) groups excluding carboxylic acids is 2. The predicted molar refractivity (Wildman–Crippen MR) is 109 cm³/mol. The van der Waals surface area contributed by atoms with Crippen LogP contribution in [-0.4, -0.2) is 29.4 Å². The fraction of sp³-hybridized carbons (Fsp3) is 0.364. The normalized spacial score (nSPS) is 15.8. The SMILES string of the molecule is CC(C)OC(=O)C1=CN(C(=O)c2ccc(F)c(F)c2)CC(C)(C)c2c(C(F)(F)F)csc21. The van der Waals surface area contributed by atoms with Gasteiger partial charge in [0.15, 0.2) is 11.6 Å². The number of hydrogen-bond donors (Lipinski definition) is 0. The smallest absolute Gasteiger partial charge is 0.417 e. The van der Waals surface area contributed by atoms with Crippen molar-refractivity contribution >= 4 is 28.8 Å². The van der Waals surface area contributed by atoms with Crippen LogP contribution in [0.3, 0.4) is 0 Å². The first-order valence-corrected chi connectivity index (χ1v) is 10.5. The van der Waals surface area contributed by atoms with E-state index in [1.165, 1.54) is 13.8 Å². The molecule has 1 aromatic heterocycles. The van der Waals surface area contributed by atoms with Crippen LogP contribution in [0.1, 0.15) is 54.1 Å². The van der Waals surface area contributed by atoms with E-state index in [-0.39, 0.29) is 28.1 Å². The number of carbonyl (C=O) groups is 2. The van der Waals surface area contributed by atoms with E-state index in [9.17, 15) is 31.5 Å². The predicted octanol–water partition coefficient (Wildman–Crippen LogP) is 5.77. The molecule has 0 fully saturated rings. The third-order valence-corrected chi connectivity index (χ3v) is 5.87. The molecule has 0 N–H and O–H groups in total. The van der Waals surface area contributed by atoms with Gasteiger partial charge in [0.25, 0.3) is 5.91 Å². The Kier molecular flexibility index (Phi) is 6.21. The molecule has 1 aliphatic rings. The van der Waals surface area contributed by atoms with Crippen LogP contribution in [0.2, 0.25) is 0 Å². The minimum Gasteiger partial charge on any atom is -0.459 e. The zero-order valence-corrected chi connectivity index (χ0v) is 18.5. The molecule has 3 rings (SSSR count). The summed E-state index contributed by atoms with van der Waals surface area (Å²) >= 11 is 0.735. The average Bonchev–Trinajstić information content (AvgIpc) is 3.08. The van der Waals surface area contributed by atoms with Crippen molar-refractivity contribution in [3.8, 4) is 0 Å². The van der Waals surface area contributed by atoms with Crippen LogP contribution in [0.5, 0.6) is 0 Å². The van der Waals surface area contributed by atoms with E-state index in [0.717, 1.165) is 39.9 Å². The Morgan fingerprint density at radius 3 is 2.38 bits per heavy atom. The van der Waals surface area contributed by atoms with E-state index in [1.807, 2.05) is 0 Å². The monoisotopic (exact) mass is 473 g/mol. The molecule has 0 saturated heterocycles. The second-order valence-corrected chi connectivity index (χ2v) is 9.17. The standard InChI is InChI=1S/C22H20F5NO3S/c1-11(2)31-20(30)13-8-28(19(29)12-5-6-15(23)16(24)7-12)10-21(3,4)17-14(22(25,26)27)9-32-18(13)17/h5-9,11H,10H2,1-4H3. The fourth-order valence-electron chi connectivity index (χ4n) is 3.55. The Balaban J connectivity index is 2.18. The molecule has 0 aliphatic carbocycles. The van der Waals surface area contributed by atoms with Crippen molar-refractivity contribution < 1.29 is 36.3 Å². The van der Waals surface area contributed by atoms with Crippen molar-refractivity contribution in [3.05, 3.63) is 63.0 Å². The number of fused-ring (bicyclic) bond motifs is 1. The maximum Gasteiger partial charge on any atom is 0.417 e. The summed E-state index contributed by atoms with van der Waals surface area (Å²) in [6.07, 6.45) is -4.10. The van der Waals surface area contributed by atoms with Crippen LogP contribution in [0.4, 0.5) is 22.0 Å². The van der Waals surface area contributed by atoms with Gasteiger partial charge in [0.2, 0.25) is 0 Å². The lowest BCUT2D eigenvalue weighted by Crippen LogP contribution is -2.37. The number of rotatable bonds is 3. The van der Waals surface area contributed by atoms with E-state index in [1.54, 1.807) is 13.8 Å². The van der Waals surface area contributed by atoms with Gasteiger partial charge >= 0.3 is 12.1 Å². The molecule has 2 aromatic rings. The first-order chi connectivity index (χ1) is 14.7. The van der Waals surface area contributed by atoms with Crippen LogP contribution in [0, 0.1) is 11.6 Å². The van der Waals surface area contributed by atoms with Gasteiger partial charge in [0, 0.05) is 34.0 Å². The summed E-state index contributed by atoms with van der Waals surface area (Å²) in [6.45, 7) is 5.96. The number of alkyl halides is 3. The van der Waals surface area contributed by atoms with Crippen LogP contribution in [0.25, 0.3) is 5.57 Å². The van der Waals surface area contributed by atoms with Gasteiger partial charge in [-0.25, -0.2) is 13.6 Å². The van der Waals surface area contributed by atoms with Crippen LogP contribution < -0.4 is 0 Å². The number of thiophene rings is 1. The topological polar surface area (TPSA) is 46.6 Å². The Labute approximate surface area is 185 Å². The molecule has 1 amide bonds. The molecule has 0 radical (unpaired) electrons. The van der Waals surface area contributed by atoms with Gasteiger partial charge in [0.1, 0.15) is 0 Å². The number of amides is 1. The van der Waals surface area contributed by atoms with Crippen LogP contribution >= 0.6 is 11.3 Å². The second kappa shape index (κ2) is 8.31. The van der Waals surface area contributed by atoms with Crippen LogP contribution in [-0.2, 0) is 21.1 Å². The van der Waals surface area contributed by atoms with Crippen molar-refractivity contribution in [2.24, 2.45) is 0 Å². The summed E-state index contributed by atoms with van der Waals surface area (Å²) in [5, 5.41) is 0.940. The summed E-state index contributed by atoms with van der Waals surface area (Å²) in [6, 6.07) is 2.55. The van der Waals surface area contributed by atoms with Gasteiger partial charge in [-0.15, -0.1) is 11.3 Å². The maximum absolute atomic E-state index is 13.7. The minimum absolute atomic E-state index is 0.0496. The highest BCUT2D eigenvalue weighted by Gasteiger charge is 2.44. The molecule has 10 heteroatoms. The van der Waals surface area contributed by atoms with Gasteiger partial charge in [-0.05, 0) is 37.6 Å². The molecule has 0 bridgehead atoms. The zero-order valence-electron chi connectivity index (χ0n) is 17.6. The molecular formula is C22H20F5NO3S. The molecule has 2 heterocycles. The highest BCUT2D eigenvalue weighted by molar-refractivity contribution is 7.12. The lowest BCUT2D eigenvalue weighted by molar-refractivity contribution is -0.140. The molecule has 172 valence electrons. The third-order valence-electron chi connectivity index (χ3n) is 4.86. The van der Waals surface area contributed by atoms with Gasteiger partial charge in [-0.2, -0.15) is 13.2 Å². The maximum atomic E-state index is 13.7. The largest absolute Gasteiger partial charge is 0.459 e. The van der Waals surface area contributed by atoms with E-state index in [2.05, 4.69) is 0 Å². The summed E-state index contributed by atoms with van der Waals surface area (Å²) in [4.78, 5) is 26.9. The van der Waals surface area contributed by atoms with E-state index < -0.39 is 46.8 Å². The van der Waals surface area contributed by atoms with Crippen molar-refractivity contribution in [1.29, 1.82) is 0 Å². The quantitative estimate of drug-likeness (QED) is 0.420.